The van der Waals surface area contributed by atoms with E-state index in [0.717, 1.165) is 19.8 Å². The summed E-state index contributed by atoms with van der Waals surface area (Å²) in [4.78, 5) is 2.31. The van der Waals surface area contributed by atoms with Crippen LogP contribution in [0, 0.1) is 0 Å². The first-order chi connectivity index (χ1) is 3.80. The molecular formula is C6H13NO. The number of rotatable bonds is 0. The molecule has 0 aromatic carbocycles. The Labute approximate surface area is 50.4 Å². The van der Waals surface area contributed by atoms with Gasteiger partial charge in [-0.1, -0.05) is 0 Å². The van der Waals surface area contributed by atoms with Crippen LogP contribution in [0.3, 0.4) is 0 Å². The Bertz CT molecular complexity index is 64.9. The minimum atomic E-state index is 0.615. The van der Waals surface area contributed by atoms with Crippen molar-refractivity contribution in [2.75, 3.05) is 26.8 Å². The molecule has 1 atom stereocenters. The van der Waals surface area contributed by atoms with Gasteiger partial charge in [-0.15, -0.1) is 0 Å². The van der Waals surface area contributed by atoms with Gasteiger partial charge in [0.1, 0.15) is 0 Å². The number of nitrogens with zero attached hydrogens (tertiary/aromatic N) is 1. The highest BCUT2D eigenvalue weighted by atomic mass is 16.5. The van der Waals surface area contributed by atoms with E-state index in [0.29, 0.717) is 6.04 Å². The first-order valence-electron chi connectivity index (χ1n) is 3.08. The Morgan fingerprint density at radius 1 is 1.62 bits per heavy atom. The Hall–Kier alpha value is -0.0800. The lowest BCUT2D eigenvalue weighted by molar-refractivity contribution is 0.0131. The molecule has 0 aromatic heterocycles. The van der Waals surface area contributed by atoms with Gasteiger partial charge in [0, 0.05) is 12.6 Å². The third kappa shape index (κ3) is 1.20. The smallest absolute Gasteiger partial charge is 0.0619 e. The van der Waals surface area contributed by atoms with E-state index in [1.165, 1.54) is 0 Å². The van der Waals surface area contributed by atoms with Crippen LogP contribution in [0.5, 0.6) is 0 Å². The topological polar surface area (TPSA) is 12.5 Å². The first-order valence-corrected chi connectivity index (χ1v) is 3.08. The van der Waals surface area contributed by atoms with Gasteiger partial charge in [0.2, 0.25) is 0 Å². The van der Waals surface area contributed by atoms with Gasteiger partial charge in [-0.25, -0.2) is 0 Å². The summed E-state index contributed by atoms with van der Waals surface area (Å²) in [5.41, 5.74) is 0. The molecule has 0 N–H and O–H groups in total. The monoisotopic (exact) mass is 115 g/mol. The molecule has 1 heterocycles. The SMILES string of the molecule is C[C@@H]1COCCN1C. The fourth-order valence-electron chi connectivity index (χ4n) is 0.810. The maximum Gasteiger partial charge on any atom is 0.0619 e. The zero-order chi connectivity index (χ0) is 5.98. The fourth-order valence-corrected chi connectivity index (χ4v) is 0.810. The van der Waals surface area contributed by atoms with Crippen molar-refractivity contribution in [1.29, 1.82) is 0 Å². The highest BCUT2D eigenvalue weighted by molar-refractivity contribution is 4.65. The minimum absolute atomic E-state index is 0.615. The van der Waals surface area contributed by atoms with E-state index in [1.807, 2.05) is 0 Å². The summed E-state index contributed by atoms with van der Waals surface area (Å²) < 4.78 is 5.21. The van der Waals surface area contributed by atoms with Crippen molar-refractivity contribution in [3.63, 3.8) is 0 Å². The average Bonchev–Trinajstić information content (AvgIpc) is 1.77. The Morgan fingerprint density at radius 2 is 2.38 bits per heavy atom. The van der Waals surface area contributed by atoms with E-state index in [9.17, 15) is 0 Å². The number of hydrogen-bond acceptors (Lipinski definition) is 2. The van der Waals surface area contributed by atoms with Crippen molar-refractivity contribution in [2.45, 2.75) is 13.0 Å². The lowest BCUT2D eigenvalue weighted by Crippen LogP contribution is -2.40. The molecule has 0 radical (unpaired) electrons. The summed E-state index contributed by atoms with van der Waals surface area (Å²) in [5.74, 6) is 0. The summed E-state index contributed by atoms with van der Waals surface area (Å²) >= 11 is 0. The molecule has 0 aliphatic carbocycles. The van der Waals surface area contributed by atoms with Crippen LogP contribution in [0.15, 0.2) is 0 Å². The van der Waals surface area contributed by atoms with Crippen LogP contribution in [0.2, 0.25) is 0 Å². The van der Waals surface area contributed by atoms with Crippen LogP contribution in [-0.2, 0) is 4.74 Å². The minimum Gasteiger partial charge on any atom is -0.379 e. The zero-order valence-electron chi connectivity index (χ0n) is 5.55. The van der Waals surface area contributed by atoms with E-state index in [2.05, 4.69) is 18.9 Å². The number of morpholine rings is 1. The molecule has 1 aliphatic heterocycles. The molecule has 0 amide bonds. The van der Waals surface area contributed by atoms with E-state index in [-0.39, 0.29) is 0 Å². The van der Waals surface area contributed by atoms with Crippen molar-refractivity contribution in [3.05, 3.63) is 0 Å². The van der Waals surface area contributed by atoms with Crippen LogP contribution < -0.4 is 0 Å². The molecule has 1 aliphatic rings. The van der Waals surface area contributed by atoms with Crippen molar-refractivity contribution < 1.29 is 4.74 Å². The average molecular weight is 115 g/mol. The van der Waals surface area contributed by atoms with Crippen LogP contribution in [0.25, 0.3) is 0 Å². The van der Waals surface area contributed by atoms with Gasteiger partial charge in [-0.2, -0.15) is 0 Å². The summed E-state index contributed by atoms with van der Waals surface area (Å²) in [6.45, 7) is 5.07. The fraction of sp³-hybridized carbons (Fsp3) is 1.00. The lowest BCUT2D eigenvalue weighted by Gasteiger charge is -2.29. The number of likely N-dealkylation sites (N-methyl/N-ethyl adjacent to an activating group) is 1. The molecule has 1 saturated heterocycles. The maximum atomic E-state index is 5.21. The molecule has 0 bridgehead atoms. The quantitative estimate of drug-likeness (QED) is 0.451. The van der Waals surface area contributed by atoms with Gasteiger partial charge in [0.05, 0.1) is 13.2 Å². The summed E-state index contributed by atoms with van der Waals surface area (Å²) in [7, 11) is 2.13. The molecule has 8 heavy (non-hydrogen) atoms. The van der Waals surface area contributed by atoms with Gasteiger partial charge in [-0.3, -0.25) is 4.90 Å². The van der Waals surface area contributed by atoms with Crippen molar-refractivity contribution >= 4 is 0 Å². The molecule has 2 heteroatoms. The van der Waals surface area contributed by atoms with Gasteiger partial charge in [0.15, 0.2) is 0 Å². The summed E-state index contributed by atoms with van der Waals surface area (Å²) in [6, 6.07) is 0.615. The van der Waals surface area contributed by atoms with E-state index in [4.69, 9.17) is 4.74 Å². The number of hydrogen-bond donors (Lipinski definition) is 0. The van der Waals surface area contributed by atoms with E-state index < -0.39 is 0 Å². The molecule has 1 rings (SSSR count). The second-order valence-corrected chi connectivity index (χ2v) is 2.40. The van der Waals surface area contributed by atoms with Crippen LogP contribution >= 0.6 is 0 Å². The predicted molar refractivity (Wildman–Crippen MR) is 32.9 cm³/mol. The van der Waals surface area contributed by atoms with Crippen LogP contribution in [0.1, 0.15) is 6.92 Å². The predicted octanol–water partition coefficient (Wildman–Crippen LogP) is 0.337. The van der Waals surface area contributed by atoms with E-state index in [1.54, 1.807) is 0 Å². The maximum absolute atomic E-state index is 5.21. The Kier molecular flexibility index (Phi) is 1.86. The van der Waals surface area contributed by atoms with Crippen LogP contribution in [-0.4, -0.2) is 37.7 Å². The third-order valence-corrected chi connectivity index (χ3v) is 1.70. The van der Waals surface area contributed by atoms with E-state index >= 15 is 0 Å². The highest BCUT2D eigenvalue weighted by Crippen LogP contribution is 2.00. The molecule has 48 valence electrons. The van der Waals surface area contributed by atoms with Crippen molar-refractivity contribution in [1.82, 2.24) is 4.90 Å². The Balaban J connectivity index is 2.28. The zero-order valence-corrected chi connectivity index (χ0v) is 5.55. The molecule has 0 unspecified atom stereocenters. The van der Waals surface area contributed by atoms with Gasteiger partial charge in [-0.05, 0) is 14.0 Å². The highest BCUT2D eigenvalue weighted by Gasteiger charge is 2.12. The normalized spacial score (nSPS) is 33.0. The van der Waals surface area contributed by atoms with Gasteiger partial charge >= 0.3 is 0 Å². The van der Waals surface area contributed by atoms with Crippen molar-refractivity contribution in [3.8, 4) is 0 Å². The van der Waals surface area contributed by atoms with Crippen molar-refractivity contribution in [2.24, 2.45) is 0 Å². The second kappa shape index (κ2) is 2.46. The van der Waals surface area contributed by atoms with Gasteiger partial charge < -0.3 is 4.74 Å². The molecule has 1 fully saturated rings. The van der Waals surface area contributed by atoms with Crippen LogP contribution in [0.4, 0.5) is 0 Å². The first kappa shape index (κ1) is 6.05. The molecule has 0 spiro atoms. The molecule has 2 nitrogen and oxygen atoms in total. The molecular weight excluding hydrogens is 102 g/mol. The van der Waals surface area contributed by atoms with Gasteiger partial charge in [0.25, 0.3) is 0 Å². The molecule has 0 aromatic rings. The third-order valence-electron chi connectivity index (χ3n) is 1.70. The lowest BCUT2D eigenvalue weighted by atomic mass is 10.3. The summed E-state index contributed by atoms with van der Waals surface area (Å²) in [5, 5.41) is 0. The summed E-state index contributed by atoms with van der Waals surface area (Å²) in [6.07, 6.45) is 0. The second-order valence-electron chi connectivity index (χ2n) is 2.40. The molecule has 0 saturated carbocycles. The largest absolute Gasteiger partial charge is 0.379 e. The Morgan fingerprint density at radius 3 is 2.75 bits per heavy atom. The number of ether oxygens (including phenoxy) is 1. The standard InChI is InChI=1S/C6H13NO/c1-6-5-8-4-3-7(6)2/h6H,3-5H2,1-2H3/t6-/m1/s1.